The number of rotatable bonds is 6. The van der Waals surface area contributed by atoms with Gasteiger partial charge in [0, 0.05) is 22.4 Å². The van der Waals surface area contributed by atoms with Gasteiger partial charge in [0.2, 0.25) is 0 Å². The van der Waals surface area contributed by atoms with Gasteiger partial charge in [-0.05, 0) is 52.0 Å². The lowest BCUT2D eigenvalue weighted by Crippen LogP contribution is -2.33. The van der Waals surface area contributed by atoms with Crippen LogP contribution in [0.3, 0.4) is 0 Å². The SMILES string of the molecule is CN(C)CCNC(C(=O)O)c1cc(Br)c(Br)s1. The maximum absolute atomic E-state index is 11.2. The van der Waals surface area contributed by atoms with E-state index in [0.717, 1.165) is 19.7 Å². The zero-order valence-corrected chi connectivity index (χ0v) is 13.5. The summed E-state index contributed by atoms with van der Waals surface area (Å²) in [5.74, 6) is -0.856. The molecule has 0 amide bonds. The quantitative estimate of drug-likeness (QED) is 0.790. The fourth-order valence-electron chi connectivity index (χ4n) is 1.25. The number of hydrogen-bond acceptors (Lipinski definition) is 4. The lowest BCUT2D eigenvalue weighted by molar-refractivity contribution is -0.139. The van der Waals surface area contributed by atoms with Crippen LogP contribution in [0.2, 0.25) is 0 Å². The minimum Gasteiger partial charge on any atom is -0.480 e. The van der Waals surface area contributed by atoms with Crippen LogP contribution in [-0.2, 0) is 4.79 Å². The second-order valence-electron chi connectivity index (χ2n) is 3.80. The van der Waals surface area contributed by atoms with Crippen molar-refractivity contribution in [3.63, 3.8) is 0 Å². The highest BCUT2D eigenvalue weighted by atomic mass is 79.9. The van der Waals surface area contributed by atoms with E-state index >= 15 is 0 Å². The van der Waals surface area contributed by atoms with Crippen molar-refractivity contribution in [2.24, 2.45) is 0 Å². The van der Waals surface area contributed by atoms with Crippen LogP contribution in [0.5, 0.6) is 0 Å². The molecule has 1 aromatic rings. The number of nitrogens with one attached hydrogen (secondary N) is 1. The van der Waals surface area contributed by atoms with Gasteiger partial charge >= 0.3 is 5.97 Å². The van der Waals surface area contributed by atoms with Gasteiger partial charge < -0.3 is 10.0 Å². The minimum atomic E-state index is -0.856. The third-order valence-corrected chi connectivity index (χ3v) is 5.42. The Bertz CT molecular complexity index is 376. The molecule has 0 bridgehead atoms. The molecule has 2 N–H and O–H groups in total. The number of carboxylic acid groups (broad SMARTS) is 1. The lowest BCUT2D eigenvalue weighted by atomic mass is 10.2. The number of carbonyl (C=O) groups is 1. The highest BCUT2D eigenvalue weighted by Crippen LogP contribution is 2.35. The molecule has 0 aliphatic heterocycles. The van der Waals surface area contributed by atoms with E-state index in [4.69, 9.17) is 0 Å². The standard InChI is InChI=1S/C10H14Br2N2O2S/c1-14(2)4-3-13-8(10(15)16)7-5-6(11)9(12)17-7/h5,8,13H,3-4H2,1-2H3,(H,15,16). The molecule has 0 saturated heterocycles. The Kier molecular flexibility index (Phi) is 6.08. The molecular formula is C10H14Br2N2O2S. The number of thiophene rings is 1. The van der Waals surface area contributed by atoms with Crippen LogP contribution in [0, 0.1) is 0 Å². The second kappa shape index (κ2) is 6.84. The first-order valence-corrected chi connectivity index (χ1v) is 7.37. The summed E-state index contributed by atoms with van der Waals surface area (Å²) < 4.78 is 1.80. The largest absolute Gasteiger partial charge is 0.480 e. The Morgan fingerprint density at radius 1 is 1.59 bits per heavy atom. The predicted octanol–water partition coefficient (Wildman–Crippen LogP) is 2.55. The van der Waals surface area contributed by atoms with Crippen molar-refractivity contribution in [2.45, 2.75) is 6.04 Å². The normalized spacial score (nSPS) is 13.0. The Morgan fingerprint density at radius 2 is 2.24 bits per heavy atom. The first kappa shape index (κ1) is 15.1. The monoisotopic (exact) mass is 384 g/mol. The lowest BCUT2D eigenvalue weighted by Gasteiger charge is -2.15. The maximum Gasteiger partial charge on any atom is 0.326 e. The number of halogens is 2. The maximum atomic E-state index is 11.2. The Balaban J connectivity index is 2.69. The van der Waals surface area contributed by atoms with E-state index in [-0.39, 0.29) is 0 Å². The fraction of sp³-hybridized carbons (Fsp3) is 0.500. The van der Waals surface area contributed by atoms with E-state index in [2.05, 4.69) is 37.2 Å². The van der Waals surface area contributed by atoms with Gasteiger partial charge in [-0.25, -0.2) is 0 Å². The van der Waals surface area contributed by atoms with Gasteiger partial charge in [0.15, 0.2) is 0 Å². The van der Waals surface area contributed by atoms with Crippen molar-refractivity contribution in [3.05, 3.63) is 19.2 Å². The highest BCUT2D eigenvalue weighted by Gasteiger charge is 2.22. The molecule has 0 saturated carbocycles. The third-order valence-electron chi connectivity index (χ3n) is 2.10. The first-order chi connectivity index (χ1) is 7.91. The van der Waals surface area contributed by atoms with Gasteiger partial charge in [-0.15, -0.1) is 11.3 Å². The Labute approximate surface area is 121 Å². The van der Waals surface area contributed by atoms with Gasteiger partial charge in [-0.3, -0.25) is 10.1 Å². The molecule has 1 heterocycles. The van der Waals surface area contributed by atoms with E-state index < -0.39 is 12.0 Å². The summed E-state index contributed by atoms with van der Waals surface area (Å²) in [4.78, 5) is 14.0. The molecule has 0 fully saturated rings. The molecule has 0 spiro atoms. The van der Waals surface area contributed by atoms with Crippen molar-refractivity contribution in [3.8, 4) is 0 Å². The molecule has 0 radical (unpaired) electrons. The minimum absolute atomic E-state index is 0.636. The van der Waals surface area contributed by atoms with Crippen molar-refractivity contribution in [1.29, 1.82) is 0 Å². The summed E-state index contributed by atoms with van der Waals surface area (Å²) in [5, 5.41) is 12.2. The van der Waals surface area contributed by atoms with Gasteiger partial charge in [0.1, 0.15) is 6.04 Å². The summed E-state index contributed by atoms with van der Waals surface area (Å²) in [6.07, 6.45) is 0. The number of aliphatic carboxylic acids is 1. The molecule has 96 valence electrons. The molecule has 1 unspecified atom stereocenters. The molecule has 7 heteroatoms. The highest BCUT2D eigenvalue weighted by molar-refractivity contribution is 9.13. The predicted molar refractivity (Wildman–Crippen MR) is 76.7 cm³/mol. The van der Waals surface area contributed by atoms with E-state index in [1.807, 2.05) is 25.1 Å². The summed E-state index contributed by atoms with van der Waals surface area (Å²) in [7, 11) is 3.91. The molecular weight excluding hydrogens is 372 g/mol. The van der Waals surface area contributed by atoms with Crippen molar-refractivity contribution in [2.75, 3.05) is 27.2 Å². The van der Waals surface area contributed by atoms with Gasteiger partial charge in [-0.1, -0.05) is 0 Å². The zero-order chi connectivity index (χ0) is 13.0. The average Bonchev–Trinajstić information content (AvgIpc) is 2.53. The topological polar surface area (TPSA) is 52.6 Å². The number of hydrogen-bond donors (Lipinski definition) is 2. The van der Waals surface area contributed by atoms with Crippen molar-refractivity contribution < 1.29 is 9.90 Å². The van der Waals surface area contributed by atoms with Crippen LogP contribution in [-0.4, -0.2) is 43.2 Å². The smallest absolute Gasteiger partial charge is 0.326 e. The summed E-state index contributed by atoms with van der Waals surface area (Å²) in [6, 6.07) is 1.18. The first-order valence-electron chi connectivity index (χ1n) is 4.97. The summed E-state index contributed by atoms with van der Waals surface area (Å²) in [6.45, 7) is 1.44. The molecule has 1 rings (SSSR count). The summed E-state index contributed by atoms with van der Waals surface area (Å²) >= 11 is 8.15. The van der Waals surface area contributed by atoms with E-state index in [9.17, 15) is 9.90 Å². The Hall–Kier alpha value is 0.0500. The van der Waals surface area contributed by atoms with Crippen molar-refractivity contribution >= 4 is 49.2 Å². The van der Waals surface area contributed by atoms with Gasteiger partial charge in [-0.2, -0.15) is 0 Å². The number of likely N-dealkylation sites (N-methyl/N-ethyl adjacent to an activating group) is 1. The van der Waals surface area contributed by atoms with Crippen LogP contribution < -0.4 is 5.32 Å². The molecule has 0 aliphatic rings. The molecule has 4 nitrogen and oxygen atoms in total. The van der Waals surface area contributed by atoms with Crippen LogP contribution in [0.15, 0.2) is 14.3 Å². The zero-order valence-electron chi connectivity index (χ0n) is 9.54. The molecule has 1 atom stereocenters. The third kappa shape index (κ3) is 4.67. The summed E-state index contributed by atoms with van der Waals surface area (Å²) in [5.41, 5.74) is 0. The molecule has 0 aromatic carbocycles. The molecule has 0 aliphatic carbocycles. The van der Waals surface area contributed by atoms with Crippen LogP contribution in [0.4, 0.5) is 0 Å². The van der Waals surface area contributed by atoms with Crippen LogP contribution >= 0.6 is 43.2 Å². The second-order valence-corrected chi connectivity index (χ2v) is 7.06. The van der Waals surface area contributed by atoms with E-state index in [1.165, 1.54) is 11.3 Å². The van der Waals surface area contributed by atoms with E-state index in [0.29, 0.717) is 6.54 Å². The van der Waals surface area contributed by atoms with Crippen LogP contribution in [0.25, 0.3) is 0 Å². The molecule has 17 heavy (non-hydrogen) atoms. The fourth-order valence-corrected chi connectivity index (χ4v) is 3.41. The van der Waals surface area contributed by atoms with Crippen LogP contribution in [0.1, 0.15) is 10.9 Å². The van der Waals surface area contributed by atoms with E-state index in [1.54, 1.807) is 0 Å². The van der Waals surface area contributed by atoms with Gasteiger partial charge in [0.05, 0.1) is 3.79 Å². The van der Waals surface area contributed by atoms with Gasteiger partial charge in [0.25, 0.3) is 0 Å². The Morgan fingerprint density at radius 3 is 2.65 bits per heavy atom. The average molecular weight is 386 g/mol. The molecule has 1 aromatic heterocycles. The number of nitrogens with zero attached hydrogens (tertiary/aromatic N) is 1. The number of carboxylic acids is 1. The van der Waals surface area contributed by atoms with Crippen molar-refractivity contribution in [1.82, 2.24) is 10.2 Å².